The predicted octanol–water partition coefficient (Wildman–Crippen LogP) is 3.38. The third kappa shape index (κ3) is 3.58. The standard InChI is InChI=1S/C24H35N3O2/c1-17(2)27-16-24(22(27)20-9-7-18(3)8-10-20)11-14-25(15-12-24)23(29)21-6-5-13-26(21)19(4)28/h7-10,17,21-22H,5-6,11-16H2,1-4H3. The molecule has 3 aliphatic rings. The van der Waals surface area contributed by atoms with E-state index in [1.807, 2.05) is 4.90 Å². The average molecular weight is 398 g/mol. The van der Waals surface area contributed by atoms with E-state index in [0.29, 0.717) is 12.1 Å². The van der Waals surface area contributed by atoms with Gasteiger partial charge in [0.15, 0.2) is 0 Å². The van der Waals surface area contributed by atoms with Crippen molar-refractivity contribution in [2.24, 2.45) is 5.41 Å². The van der Waals surface area contributed by atoms with E-state index in [2.05, 4.69) is 49.9 Å². The Labute approximate surface area is 175 Å². The minimum atomic E-state index is -0.233. The van der Waals surface area contributed by atoms with Gasteiger partial charge in [-0.3, -0.25) is 14.5 Å². The first-order chi connectivity index (χ1) is 13.8. The zero-order valence-electron chi connectivity index (χ0n) is 18.4. The molecule has 3 heterocycles. The van der Waals surface area contributed by atoms with Crippen LogP contribution >= 0.6 is 0 Å². The lowest BCUT2D eigenvalue weighted by Gasteiger charge is -2.62. The molecule has 0 aromatic heterocycles. The van der Waals surface area contributed by atoms with Crippen LogP contribution in [0.1, 0.15) is 63.6 Å². The summed E-state index contributed by atoms with van der Waals surface area (Å²) in [6.07, 6.45) is 3.85. The van der Waals surface area contributed by atoms with Gasteiger partial charge >= 0.3 is 0 Å². The zero-order chi connectivity index (χ0) is 20.8. The van der Waals surface area contributed by atoms with E-state index in [1.54, 1.807) is 11.8 Å². The summed E-state index contributed by atoms with van der Waals surface area (Å²) in [5.74, 6) is 0.194. The van der Waals surface area contributed by atoms with Gasteiger partial charge in [-0.15, -0.1) is 0 Å². The average Bonchev–Trinajstić information content (AvgIpc) is 3.18. The van der Waals surface area contributed by atoms with Gasteiger partial charge in [0.05, 0.1) is 0 Å². The molecule has 3 saturated heterocycles. The summed E-state index contributed by atoms with van der Waals surface area (Å²) in [5.41, 5.74) is 2.98. The lowest BCUT2D eigenvalue weighted by atomic mass is 9.62. The highest BCUT2D eigenvalue weighted by atomic mass is 16.2. The lowest BCUT2D eigenvalue weighted by molar-refractivity contribution is -0.153. The second kappa shape index (κ2) is 7.75. The van der Waals surface area contributed by atoms with Crippen LogP contribution < -0.4 is 0 Å². The topological polar surface area (TPSA) is 43.9 Å². The van der Waals surface area contributed by atoms with Crippen LogP contribution in [0.5, 0.6) is 0 Å². The number of carbonyl (C=O) groups is 2. The molecule has 1 aromatic rings. The van der Waals surface area contributed by atoms with Crippen LogP contribution in [0.25, 0.3) is 0 Å². The van der Waals surface area contributed by atoms with Gasteiger partial charge in [0.1, 0.15) is 6.04 Å². The normalized spacial score (nSPS) is 26.8. The highest BCUT2D eigenvalue weighted by Crippen LogP contribution is 2.55. The van der Waals surface area contributed by atoms with Crippen molar-refractivity contribution in [2.75, 3.05) is 26.2 Å². The Morgan fingerprint density at radius 2 is 1.72 bits per heavy atom. The Kier molecular flexibility index (Phi) is 5.45. The summed E-state index contributed by atoms with van der Waals surface area (Å²) in [4.78, 5) is 31.4. The van der Waals surface area contributed by atoms with E-state index < -0.39 is 0 Å². The third-order valence-corrected chi connectivity index (χ3v) is 7.48. The molecule has 2 amide bonds. The van der Waals surface area contributed by atoms with Gasteiger partial charge in [0.2, 0.25) is 11.8 Å². The van der Waals surface area contributed by atoms with Crippen molar-refractivity contribution in [2.45, 2.75) is 71.5 Å². The van der Waals surface area contributed by atoms with Gasteiger partial charge in [-0.25, -0.2) is 0 Å². The van der Waals surface area contributed by atoms with Crippen LogP contribution in [0.4, 0.5) is 0 Å². The summed E-state index contributed by atoms with van der Waals surface area (Å²) in [5, 5.41) is 0. The molecule has 3 aliphatic heterocycles. The van der Waals surface area contributed by atoms with E-state index >= 15 is 0 Å². The van der Waals surface area contributed by atoms with Crippen molar-refractivity contribution >= 4 is 11.8 Å². The molecule has 0 saturated carbocycles. The molecule has 0 aliphatic carbocycles. The van der Waals surface area contributed by atoms with Crippen molar-refractivity contribution in [3.63, 3.8) is 0 Å². The first kappa shape index (κ1) is 20.4. The number of hydrogen-bond acceptors (Lipinski definition) is 3. The van der Waals surface area contributed by atoms with E-state index in [9.17, 15) is 9.59 Å². The number of carbonyl (C=O) groups excluding carboxylic acids is 2. The number of piperidine rings is 1. The molecule has 2 unspecified atom stereocenters. The first-order valence-corrected chi connectivity index (χ1v) is 11.2. The molecule has 1 spiro atoms. The SMILES string of the molecule is CC(=O)N1CCCC1C(=O)N1CCC2(CC1)CN(C(C)C)C2c1ccc(C)cc1. The molecule has 0 bridgehead atoms. The van der Waals surface area contributed by atoms with Gasteiger partial charge in [0, 0.05) is 50.6 Å². The summed E-state index contributed by atoms with van der Waals surface area (Å²) in [7, 11) is 0. The lowest BCUT2D eigenvalue weighted by Crippen LogP contribution is -2.64. The van der Waals surface area contributed by atoms with E-state index in [4.69, 9.17) is 0 Å². The van der Waals surface area contributed by atoms with Crippen molar-refractivity contribution in [3.05, 3.63) is 35.4 Å². The second-order valence-electron chi connectivity index (χ2n) is 9.64. The van der Waals surface area contributed by atoms with Crippen molar-refractivity contribution in [3.8, 4) is 0 Å². The quantitative estimate of drug-likeness (QED) is 0.785. The number of likely N-dealkylation sites (tertiary alicyclic amines) is 3. The summed E-state index contributed by atoms with van der Waals surface area (Å²) >= 11 is 0. The van der Waals surface area contributed by atoms with Gasteiger partial charge < -0.3 is 9.80 Å². The molecule has 5 nitrogen and oxygen atoms in total. The number of hydrogen-bond donors (Lipinski definition) is 0. The van der Waals surface area contributed by atoms with Crippen LogP contribution in [0.3, 0.4) is 0 Å². The summed E-state index contributed by atoms with van der Waals surface area (Å²) < 4.78 is 0. The highest BCUT2D eigenvalue weighted by molar-refractivity contribution is 5.87. The monoisotopic (exact) mass is 397 g/mol. The first-order valence-electron chi connectivity index (χ1n) is 11.2. The minimum Gasteiger partial charge on any atom is -0.341 e. The molecule has 1 aromatic carbocycles. The second-order valence-corrected chi connectivity index (χ2v) is 9.64. The van der Waals surface area contributed by atoms with E-state index in [-0.39, 0.29) is 23.3 Å². The van der Waals surface area contributed by atoms with Crippen LogP contribution in [-0.4, -0.2) is 64.8 Å². The van der Waals surface area contributed by atoms with E-state index in [1.165, 1.54) is 11.1 Å². The predicted molar refractivity (Wildman–Crippen MR) is 114 cm³/mol. The fourth-order valence-electron chi connectivity index (χ4n) is 5.77. The number of nitrogens with zero attached hydrogens (tertiary/aromatic N) is 3. The molecule has 3 fully saturated rings. The van der Waals surface area contributed by atoms with Crippen molar-refractivity contribution in [1.82, 2.24) is 14.7 Å². The van der Waals surface area contributed by atoms with Crippen LogP contribution in [0.2, 0.25) is 0 Å². The molecule has 158 valence electrons. The molecule has 0 radical (unpaired) electrons. The molecule has 4 rings (SSSR count). The molecule has 29 heavy (non-hydrogen) atoms. The van der Waals surface area contributed by atoms with Crippen molar-refractivity contribution < 1.29 is 9.59 Å². The van der Waals surface area contributed by atoms with Crippen LogP contribution in [0.15, 0.2) is 24.3 Å². The van der Waals surface area contributed by atoms with Gasteiger partial charge in [0.25, 0.3) is 0 Å². The summed E-state index contributed by atoms with van der Waals surface area (Å²) in [6, 6.07) is 9.75. The molecule has 2 atom stereocenters. The Balaban J connectivity index is 1.46. The Morgan fingerprint density at radius 3 is 2.31 bits per heavy atom. The van der Waals surface area contributed by atoms with Crippen molar-refractivity contribution in [1.29, 1.82) is 0 Å². The number of aryl methyl sites for hydroxylation is 1. The third-order valence-electron chi connectivity index (χ3n) is 7.48. The Morgan fingerprint density at radius 1 is 1.07 bits per heavy atom. The van der Waals surface area contributed by atoms with Gasteiger partial charge in [-0.05, 0) is 52.0 Å². The Bertz CT molecular complexity index is 765. The molecule has 0 N–H and O–H groups in total. The largest absolute Gasteiger partial charge is 0.341 e. The molecular weight excluding hydrogens is 362 g/mol. The molecular formula is C24H35N3O2. The maximum atomic E-state index is 13.1. The Hall–Kier alpha value is -1.88. The maximum Gasteiger partial charge on any atom is 0.245 e. The minimum absolute atomic E-state index is 0.0281. The number of benzene rings is 1. The van der Waals surface area contributed by atoms with Crippen LogP contribution in [-0.2, 0) is 9.59 Å². The van der Waals surface area contributed by atoms with Gasteiger partial charge in [-0.2, -0.15) is 0 Å². The highest BCUT2D eigenvalue weighted by Gasteiger charge is 2.55. The fraction of sp³-hybridized carbons (Fsp3) is 0.667. The zero-order valence-corrected chi connectivity index (χ0v) is 18.4. The number of amides is 2. The van der Waals surface area contributed by atoms with Crippen LogP contribution in [0, 0.1) is 12.3 Å². The maximum absolute atomic E-state index is 13.1. The fourth-order valence-corrected chi connectivity index (χ4v) is 5.77. The van der Waals surface area contributed by atoms with E-state index in [0.717, 1.165) is 51.9 Å². The van der Waals surface area contributed by atoms with Gasteiger partial charge in [-0.1, -0.05) is 29.8 Å². The summed E-state index contributed by atoms with van der Waals surface area (Å²) in [6.45, 7) is 11.8. The number of rotatable bonds is 3. The molecule has 5 heteroatoms. The smallest absolute Gasteiger partial charge is 0.245 e.